The number of nitrogens with one attached hydrogen (secondary N) is 2. The van der Waals surface area contributed by atoms with Crippen molar-refractivity contribution in [3.8, 4) is 5.75 Å². The number of thioether (sulfide) groups is 1. The first kappa shape index (κ1) is 57.4. The van der Waals surface area contributed by atoms with Crippen LogP contribution in [0.15, 0.2) is 91.4 Å². The van der Waals surface area contributed by atoms with Gasteiger partial charge in [0, 0.05) is 49.4 Å². The van der Waals surface area contributed by atoms with Gasteiger partial charge in [-0.2, -0.15) is 11.8 Å². The number of Topliss-reactive ketones (excluding diaryl/α,β-unsaturated/α-hetero) is 1. The molecule has 3 rings (SSSR count). The Morgan fingerprint density at radius 2 is 1.48 bits per heavy atom. The lowest BCUT2D eigenvalue weighted by molar-refractivity contribution is -0.121. The van der Waals surface area contributed by atoms with Crippen LogP contribution >= 0.6 is 11.8 Å². The number of rotatable bonds is 30. The summed E-state index contributed by atoms with van der Waals surface area (Å²) in [6.45, 7) is 31.6. The number of hydrogen-bond acceptors (Lipinski definition) is 8. The van der Waals surface area contributed by atoms with Gasteiger partial charge in [0.05, 0.1) is 33.0 Å². The van der Waals surface area contributed by atoms with Crippen LogP contribution < -0.4 is 15.4 Å². The maximum absolute atomic E-state index is 12.0. The van der Waals surface area contributed by atoms with Crippen molar-refractivity contribution in [3.63, 3.8) is 0 Å². The second kappa shape index (κ2) is 36.7. The van der Waals surface area contributed by atoms with Gasteiger partial charge >= 0.3 is 0 Å². The molecule has 0 saturated carbocycles. The van der Waals surface area contributed by atoms with Gasteiger partial charge in [-0.15, -0.1) is 0 Å². The van der Waals surface area contributed by atoms with Crippen molar-refractivity contribution < 1.29 is 28.5 Å². The molecule has 1 aliphatic heterocycles. The molecule has 0 bridgehead atoms. The van der Waals surface area contributed by atoms with Crippen molar-refractivity contribution in [1.82, 2.24) is 10.6 Å². The van der Waals surface area contributed by atoms with Crippen molar-refractivity contribution in [2.75, 3.05) is 51.9 Å². The van der Waals surface area contributed by atoms with Gasteiger partial charge in [0.2, 0.25) is 5.91 Å². The maximum atomic E-state index is 12.0. The number of benzene rings is 2. The molecule has 2 N–H and O–H groups in total. The second-order valence-electron chi connectivity index (χ2n) is 16.1. The van der Waals surface area contributed by atoms with E-state index in [2.05, 4.69) is 120 Å². The molecule has 4 unspecified atom stereocenters. The summed E-state index contributed by atoms with van der Waals surface area (Å²) in [5.41, 5.74) is 6.10. The largest absolute Gasteiger partial charge is 0.458 e. The predicted molar refractivity (Wildman–Crippen MR) is 270 cm³/mol. The smallest absolute Gasteiger partial charge is 0.220 e. The quantitative estimate of drug-likeness (QED) is 0.0455. The van der Waals surface area contributed by atoms with Gasteiger partial charge in [0.25, 0.3) is 0 Å². The fourth-order valence-electron chi connectivity index (χ4n) is 6.79. The summed E-state index contributed by atoms with van der Waals surface area (Å²) in [7, 11) is 0. The molecule has 1 saturated heterocycles. The molecule has 1 aliphatic rings. The SMILES string of the molecule is C=C(/C=C(/C=C\C)c1ccccc1CCC)Oc1ccccc1CC.C=C(NC1C(C)CSC1CCCCC(=O)NCCOCCOCCOCCC)C(C)CC.CCC(=O)CC. The van der Waals surface area contributed by atoms with Gasteiger partial charge in [-0.05, 0) is 97.4 Å². The lowest BCUT2D eigenvalue weighted by Crippen LogP contribution is -2.39. The van der Waals surface area contributed by atoms with Crippen LogP contribution in [0.3, 0.4) is 0 Å². The average Bonchev–Trinajstić information content (AvgIpc) is 3.64. The van der Waals surface area contributed by atoms with Gasteiger partial charge in [0.15, 0.2) is 0 Å². The lowest BCUT2D eigenvalue weighted by atomic mass is 9.95. The summed E-state index contributed by atoms with van der Waals surface area (Å²) in [4.78, 5) is 22.2. The highest BCUT2D eigenvalue weighted by Crippen LogP contribution is 2.36. The molecule has 9 heteroatoms. The monoisotopic (exact) mass is 891 g/mol. The molecule has 0 aromatic heterocycles. The van der Waals surface area contributed by atoms with E-state index in [4.69, 9.17) is 18.9 Å². The molecule has 0 aliphatic carbocycles. The number of ether oxygens (including phenoxy) is 4. The molecular formula is C54H86N2O6S. The number of carbonyl (C=O) groups is 2. The third-order valence-electron chi connectivity index (χ3n) is 10.8. The summed E-state index contributed by atoms with van der Waals surface area (Å²) < 4.78 is 22.3. The van der Waals surface area contributed by atoms with E-state index >= 15 is 0 Å². The summed E-state index contributed by atoms with van der Waals surface area (Å²) >= 11 is 2.07. The number of amides is 1. The van der Waals surface area contributed by atoms with Crippen molar-refractivity contribution in [2.24, 2.45) is 11.8 Å². The van der Waals surface area contributed by atoms with Gasteiger partial charge in [-0.1, -0.05) is 136 Å². The highest BCUT2D eigenvalue weighted by Gasteiger charge is 2.34. The molecule has 4 atom stereocenters. The third kappa shape index (κ3) is 25.4. The van der Waals surface area contributed by atoms with Gasteiger partial charge in [-0.3, -0.25) is 9.59 Å². The third-order valence-corrected chi connectivity index (χ3v) is 12.5. The molecule has 1 amide bonds. The summed E-state index contributed by atoms with van der Waals surface area (Å²) in [5.74, 6) is 4.37. The predicted octanol–water partition coefficient (Wildman–Crippen LogP) is 12.5. The first-order valence-corrected chi connectivity index (χ1v) is 25.0. The van der Waals surface area contributed by atoms with Crippen LogP contribution in [-0.2, 0) is 36.6 Å². The van der Waals surface area contributed by atoms with E-state index in [9.17, 15) is 9.59 Å². The summed E-state index contributed by atoms with van der Waals surface area (Å²) in [5, 5.41) is 7.28. The molecule has 2 aromatic rings. The number of para-hydroxylation sites is 1. The number of allylic oxidation sites excluding steroid dienone is 5. The molecule has 354 valence electrons. The van der Waals surface area contributed by atoms with Crippen LogP contribution in [0.2, 0.25) is 0 Å². The van der Waals surface area contributed by atoms with E-state index in [1.807, 2.05) is 45.0 Å². The molecule has 1 heterocycles. The first-order chi connectivity index (χ1) is 30.5. The highest BCUT2D eigenvalue weighted by atomic mass is 32.2. The number of aryl methyl sites for hydroxylation is 2. The Morgan fingerprint density at radius 3 is 2.08 bits per heavy atom. The standard InChI is InChI=1S/C25H48N2O4S.C24H28O.C5H10O/c1-6-13-29-15-17-31-18-16-30-14-12-26-24(28)11-9-8-10-23-25(21(4)19-32-23)27-22(5)20(3)7-2;1-5-12-21-15-8-10-16-23(21)22(13-6-2)18-19(4)25-24-17-11-9-14-20(24)7-3;1-3-5(6)4-2/h20-21,23,25,27H,5-19H2,1-4H3,(H,26,28);6,8-11,13-18H,4-5,7,12H2,1-3H3;3-4H2,1-2H3/b;13-6-,22-18-;. The van der Waals surface area contributed by atoms with E-state index < -0.39 is 0 Å². The summed E-state index contributed by atoms with van der Waals surface area (Å²) in [6.07, 6.45) is 16.6. The number of unbranched alkanes of at least 4 members (excludes halogenated alkanes) is 1. The Labute approximate surface area is 388 Å². The summed E-state index contributed by atoms with van der Waals surface area (Å²) in [6, 6.07) is 17.2. The van der Waals surface area contributed by atoms with Crippen molar-refractivity contribution in [2.45, 2.75) is 144 Å². The molecule has 8 nitrogen and oxygen atoms in total. The van der Waals surface area contributed by atoms with E-state index in [0.717, 1.165) is 69.3 Å². The van der Waals surface area contributed by atoms with Crippen LogP contribution in [0.5, 0.6) is 5.75 Å². The zero-order valence-corrected chi connectivity index (χ0v) is 41.7. The number of hydrogen-bond donors (Lipinski definition) is 2. The normalized spacial score (nSPS) is 16.3. The number of carbonyl (C=O) groups excluding carboxylic acids is 2. The van der Waals surface area contributed by atoms with Crippen LogP contribution in [0.25, 0.3) is 5.57 Å². The topological polar surface area (TPSA) is 95.1 Å². The Kier molecular flexibility index (Phi) is 33.4. The molecule has 0 spiro atoms. The zero-order chi connectivity index (χ0) is 46.7. The Bertz CT molecular complexity index is 1620. The van der Waals surface area contributed by atoms with Crippen molar-refractivity contribution in [3.05, 3.63) is 108 Å². The van der Waals surface area contributed by atoms with E-state index in [1.165, 1.54) is 28.1 Å². The minimum Gasteiger partial charge on any atom is -0.458 e. The average molecular weight is 891 g/mol. The fourth-order valence-corrected chi connectivity index (χ4v) is 8.43. The van der Waals surface area contributed by atoms with Crippen LogP contribution in [-0.4, -0.2) is 74.9 Å². The highest BCUT2D eigenvalue weighted by molar-refractivity contribution is 8.00. The van der Waals surface area contributed by atoms with E-state index in [0.29, 0.717) is 93.5 Å². The van der Waals surface area contributed by atoms with Crippen LogP contribution in [0, 0.1) is 11.8 Å². The lowest BCUT2D eigenvalue weighted by Gasteiger charge is -2.27. The minimum atomic E-state index is 0.116. The van der Waals surface area contributed by atoms with Gasteiger partial charge in [0.1, 0.15) is 17.3 Å². The van der Waals surface area contributed by atoms with Crippen LogP contribution in [0.4, 0.5) is 0 Å². The van der Waals surface area contributed by atoms with E-state index in [-0.39, 0.29) is 5.91 Å². The Hall–Kier alpha value is -3.63. The number of ketones is 1. The zero-order valence-electron chi connectivity index (χ0n) is 40.9. The van der Waals surface area contributed by atoms with Crippen molar-refractivity contribution in [1.29, 1.82) is 0 Å². The maximum Gasteiger partial charge on any atom is 0.220 e. The van der Waals surface area contributed by atoms with Gasteiger partial charge < -0.3 is 29.6 Å². The van der Waals surface area contributed by atoms with Crippen LogP contribution in [0.1, 0.15) is 137 Å². The molecule has 2 aromatic carbocycles. The van der Waals surface area contributed by atoms with Crippen molar-refractivity contribution >= 4 is 29.0 Å². The molecular weight excluding hydrogens is 805 g/mol. The fraction of sp³-hybridized carbons (Fsp3) is 0.593. The molecule has 0 radical (unpaired) electrons. The molecule has 1 fully saturated rings. The molecule has 63 heavy (non-hydrogen) atoms. The van der Waals surface area contributed by atoms with Gasteiger partial charge in [-0.25, -0.2) is 0 Å². The second-order valence-corrected chi connectivity index (χ2v) is 17.3. The Morgan fingerprint density at radius 1 is 0.841 bits per heavy atom. The van der Waals surface area contributed by atoms with E-state index in [1.54, 1.807) is 0 Å². The minimum absolute atomic E-state index is 0.116. The Balaban J connectivity index is 0.000000568. The first-order valence-electron chi connectivity index (χ1n) is 23.9.